The number of rotatable bonds is 5. The van der Waals surface area contributed by atoms with E-state index in [1.54, 1.807) is 0 Å². The summed E-state index contributed by atoms with van der Waals surface area (Å²) in [5.74, 6) is 0.837. The highest BCUT2D eigenvalue weighted by Gasteiger charge is 2.24. The predicted octanol–water partition coefficient (Wildman–Crippen LogP) is 1.93. The van der Waals surface area contributed by atoms with Crippen LogP contribution in [0.2, 0.25) is 0 Å². The third-order valence-electron chi connectivity index (χ3n) is 3.20. The van der Waals surface area contributed by atoms with Gasteiger partial charge in [0.2, 0.25) is 0 Å². The lowest BCUT2D eigenvalue weighted by atomic mass is 9.81. The molecule has 0 aliphatic heterocycles. The lowest BCUT2D eigenvalue weighted by Gasteiger charge is -2.32. The standard InChI is InChI=1S/C12H20N2S/c1-9-3-5-15-12(9)2-4-14-8-10-6-11(13)7-10/h3,5,10-11,14H,2,4,6-8,13H2,1H3. The van der Waals surface area contributed by atoms with Crippen molar-refractivity contribution in [2.24, 2.45) is 11.7 Å². The van der Waals surface area contributed by atoms with Crippen molar-refractivity contribution < 1.29 is 0 Å². The third kappa shape index (κ3) is 3.03. The van der Waals surface area contributed by atoms with E-state index >= 15 is 0 Å². The van der Waals surface area contributed by atoms with Gasteiger partial charge in [-0.05, 0) is 62.2 Å². The molecule has 1 heterocycles. The van der Waals surface area contributed by atoms with Crippen molar-refractivity contribution in [3.63, 3.8) is 0 Å². The molecule has 0 amide bonds. The smallest absolute Gasteiger partial charge is 0.00870 e. The summed E-state index contributed by atoms with van der Waals surface area (Å²) in [6.07, 6.45) is 3.60. The highest BCUT2D eigenvalue weighted by molar-refractivity contribution is 7.10. The van der Waals surface area contributed by atoms with Gasteiger partial charge in [-0.15, -0.1) is 11.3 Å². The predicted molar refractivity (Wildman–Crippen MR) is 66.3 cm³/mol. The van der Waals surface area contributed by atoms with Crippen LogP contribution in [0.5, 0.6) is 0 Å². The van der Waals surface area contributed by atoms with E-state index in [1.165, 1.54) is 29.7 Å². The molecule has 3 N–H and O–H groups in total. The fourth-order valence-corrected chi connectivity index (χ4v) is 3.03. The van der Waals surface area contributed by atoms with Crippen LogP contribution in [-0.2, 0) is 6.42 Å². The van der Waals surface area contributed by atoms with Gasteiger partial charge in [0.1, 0.15) is 0 Å². The highest BCUT2D eigenvalue weighted by Crippen LogP contribution is 2.24. The van der Waals surface area contributed by atoms with E-state index < -0.39 is 0 Å². The topological polar surface area (TPSA) is 38.0 Å². The number of nitrogens with one attached hydrogen (secondary N) is 1. The van der Waals surface area contributed by atoms with Gasteiger partial charge in [0, 0.05) is 10.9 Å². The van der Waals surface area contributed by atoms with Crippen LogP contribution in [0, 0.1) is 12.8 Å². The number of nitrogens with two attached hydrogens (primary N) is 1. The van der Waals surface area contributed by atoms with Crippen molar-refractivity contribution in [2.75, 3.05) is 13.1 Å². The summed E-state index contributed by atoms with van der Waals surface area (Å²) in [5, 5.41) is 5.70. The molecule has 1 fully saturated rings. The van der Waals surface area contributed by atoms with Crippen molar-refractivity contribution in [1.82, 2.24) is 5.32 Å². The van der Waals surface area contributed by atoms with Crippen LogP contribution in [0.1, 0.15) is 23.3 Å². The fourth-order valence-electron chi connectivity index (χ4n) is 2.12. The molecule has 0 bridgehead atoms. The number of thiophene rings is 1. The van der Waals surface area contributed by atoms with Crippen molar-refractivity contribution >= 4 is 11.3 Å². The van der Waals surface area contributed by atoms with Crippen molar-refractivity contribution in [3.05, 3.63) is 21.9 Å². The molecule has 0 aromatic carbocycles. The Kier molecular flexibility index (Phi) is 3.78. The van der Waals surface area contributed by atoms with Crippen LogP contribution in [0.4, 0.5) is 0 Å². The van der Waals surface area contributed by atoms with Crippen LogP contribution < -0.4 is 11.1 Å². The molecule has 0 atom stereocenters. The zero-order valence-electron chi connectivity index (χ0n) is 9.33. The van der Waals surface area contributed by atoms with Crippen molar-refractivity contribution in [2.45, 2.75) is 32.2 Å². The molecule has 0 saturated heterocycles. The summed E-state index contributed by atoms with van der Waals surface area (Å²) in [6.45, 7) is 4.45. The maximum atomic E-state index is 5.74. The molecule has 1 aliphatic rings. The second-order valence-corrected chi connectivity index (χ2v) is 5.58. The summed E-state index contributed by atoms with van der Waals surface area (Å²) in [5.41, 5.74) is 7.18. The second kappa shape index (κ2) is 5.10. The molecule has 1 aromatic heterocycles. The minimum Gasteiger partial charge on any atom is -0.328 e. The monoisotopic (exact) mass is 224 g/mol. The van der Waals surface area contributed by atoms with Crippen LogP contribution in [0.25, 0.3) is 0 Å². The Bertz CT molecular complexity index is 302. The SMILES string of the molecule is Cc1ccsc1CCNCC1CC(N)C1. The minimum atomic E-state index is 0.483. The van der Waals surface area contributed by atoms with Crippen LogP contribution >= 0.6 is 11.3 Å². The van der Waals surface area contributed by atoms with Gasteiger partial charge in [0.05, 0.1) is 0 Å². The molecular weight excluding hydrogens is 204 g/mol. The lowest BCUT2D eigenvalue weighted by molar-refractivity contribution is 0.257. The highest BCUT2D eigenvalue weighted by atomic mass is 32.1. The fraction of sp³-hybridized carbons (Fsp3) is 0.667. The normalized spacial score (nSPS) is 25.2. The van der Waals surface area contributed by atoms with Gasteiger partial charge in [-0.1, -0.05) is 0 Å². The maximum Gasteiger partial charge on any atom is 0.00870 e. The van der Waals surface area contributed by atoms with Gasteiger partial charge < -0.3 is 11.1 Å². The van der Waals surface area contributed by atoms with Crippen molar-refractivity contribution in [1.29, 1.82) is 0 Å². The number of aryl methyl sites for hydroxylation is 1. The molecular formula is C12H20N2S. The molecule has 84 valence electrons. The first kappa shape index (κ1) is 11.1. The molecule has 2 nitrogen and oxygen atoms in total. The first-order valence-electron chi connectivity index (χ1n) is 5.75. The van der Waals surface area contributed by atoms with Gasteiger partial charge in [0.15, 0.2) is 0 Å². The average molecular weight is 224 g/mol. The minimum absolute atomic E-state index is 0.483. The second-order valence-electron chi connectivity index (χ2n) is 4.58. The molecule has 0 radical (unpaired) electrons. The molecule has 1 aromatic rings. The lowest BCUT2D eigenvalue weighted by Crippen LogP contribution is -2.41. The Hall–Kier alpha value is -0.380. The summed E-state index contributed by atoms with van der Waals surface area (Å²) in [6, 6.07) is 2.68. The van der Waals surface area contributed by atoms with E-state index in [0.717, 1.165) is 19.0 Å². The van der Waals surface area contributed by atoms with Gasteiger partial charge in [-0.25, -0.2) is 0 Å². The molecule has 2 rings (SSSR count). The zero-order chi connectivity index (χ0) is 10.7. The molecule has 1 aliphatic carbocycles. The largest absolute Gasteiger partial charge is 0.328 e. The zero-order valence-corrected chi connectivity index (χ0v) is 10.1. The van der Waals surface area contributed by atoms with Gasteiger partial charge in [-0.2, -0.15) is 0 Å². The number of hydrogen-bond donors (Lipinski definition) is 2. The van der Waals surface area contributed by atoms with E-state index in [2.05, 4.69) is 23.7 Å². The van der Waals surface area contributed by atoms with E-state index in [4.69, 9.17) is 5.73 Å². The Morgan fingerprint density at radius 3 is 2.93 bits per heavy atom. The Morgan fingerprint density at radius 2 is 2.33 bits per heavy atom. The summed E-state index contributed by atoms with van der Waals surface area (Å²) >= 11 is 1.87. The molecule has 3 heteroatoms. The first-order valence-corrected chi connectivity index (χ1v) is 6.63. The van der Waals surface area contributed by atoms with E-state index in [9.17, 15) is 0 Å². The Morgan fingerprint density at radius 1 is 1.53 bits per heavy atom. The van der Waals surface area contributed by atoms with Crippen LogP contribution in [0.15, 0.2) is 11.4 Å². The number of hydrogen-bond acceptors (Lipinski definition) is 3. The van der Waals surface area contributed by atoms with Gasteiger partial charge in [-0.3, -0.25) is 0 Å². The van der Waals surface area contributed by atoms with E-state index in [0.29, 0.717) is 6.04 Å². The van der Waals surface area contributed by atoms with Crippen LogP contribution in [0.3, 0.4) is 0 Å². The maximum absolute atomic E-state index is 5.74. The summed E-state index contributed by atoms with van der Waals surface area (Å²) < 4.78 is 0. The summed E-state index contributed by atoms with van der Waals surface area (Å²) in [4.78, 5) is 1.52. The summed E-state index contributed by atoms with van der Waals surface area (Å²) in [7, 11) is 0. The molecule has 0 unspecified atom stereocenters. The van der Waals surface area contributed by atoms with Gasteiger partial charge in [0.25, 0.3) is 0 Å². The average Bonchev–Trinajstić information content (AvgIpc) is 2.55. The van der Waals surface area contributed by atoms with Crippen LogP contribution in [-0.4, -0.2) is 19.1 Å². The molecule has 1 saturated carbocycles. The molecule has 15 heavy (non-hydrogen) atoms. The Labute approximate surface area is 95.9 Å². The third-order valence-corrected chi connectivity index (χ3v) is 4.28. The van der Waals surface area contributed by atoms with E-state index in [-0.39, 0.29) is 0 Å². The molecule has 0 spiro atoms. The quantitative estimate of drug-likeness (QED) is 0.750. The van der Waals surface area contributed by atoms with E-state index in [1.807, 2.05) is 11.3 Å². The van der Waals surface area contributed by atoms with Crippen molar-refractivity contribution in [3.8, 4) is 0 Å². The van der Waals surface area contributed by atoms with Gasteiger partial charge >= 0.3 is 0 Å². The first-order chi connectivity index (χ1) is 7.25. The Balaban J connectivity index is 1.58.